The fourth-order valence-electron chi connectivity index (χ4n) is 9.83. The van der Waals surface area contributed by atoms with E-state index in [1.807, 2.05) is 0 Å². The highest BCUT2D eigenvalue weighted by molar-refractivity contribution is 6.41. The van der Waals surface area contributed by atoms with Crippen LogP contribution in [0.1, 0.15) is 25.0 Å². The van der Waals surface area contributed by atoms with Gasteiger partial charge in [0.15, 0.2) is 0 Å². The smallest absolute Gasteiger partial charge is 0.146 e. The number of fused-ring (bicyclic) bond motifs is 18. The average molecular weight is 676 g/mol. The molecule has 0 saturated carbocycles. The van der Waals surface area contributed by atoms with Crippen molar-refractivity contribution < 1.29 is 4.42 Å². The second-order valence-electron chi connectivity index (χ2n) is 15.2. The summed E-state index contributed by atoms with van der Waals surface area (Å²) in [5.74, 6) is 0. The molecule has 0 N–H and O–H groups in total. The molecule has 1 aliphatic rings. The summed E-state index contributed by atoms with van der Waals surface area (Å²) >= 11 is 0. The zero-order valence-corrected chi connectivity index (χ0v) is 29.4. The second kappa shape index (κ2) is 10.2. The van der Waals surface area contributed by atoms with E-state index in [2.05, 4.69) is 182 Å². The van der Waals surface area contributed by atoms with Crippen molar-refractivity contribution in [2.24, 2.45) is 0 Å². The van der Waals surface area contributed by atoms with Gasteiger partial charge in [0.25, 0.3) is 0 Å². The van der Waals surface area contributed by atoms with Crippen LogP contribution in [-0.2, 0) is 5.41 Å². The van der Waals surface area contributed by atoms with Gasteiger partial charge in [0.05, 0.1) is 16.4 Å². The van der Waals surface area contributed by atoms with Gasteiger partial charge in [-0.1, -0.05) is 159 Å². The number of hydrogen-bond acceptors (Lipinski definition) is 1. The molecule has 0 radical (unpaired) electrons. The van der Waals surface area contributed by atoms with E-state index in [-0.39, 0.29) is 5.41 Å². The van der Waals surface area contributed by atoms with Gasteiger partial charge in [-0.15, -0.1) is 0 Å². The Bertz CT molecular complexity index is 3360. The molecule has 248 valence electrons. The first-order valence-corrected chi connectivity index (χ1v) is 18.5. The van der Waals surface area contributed by atoms with E-state index in [0.717, 1.165) is 33.2 Å². The minimum Gasteiger partial charge on any atom is -0.455 e. The van der Waals surface area contributed by atoms with Gasteiger partial charge in [-0.3, -0.25) is 0 Å². The van der Waals surface area contributed by atoms with Crippen molar-refractivity contribution in [2.45, 2.75) is 19.3 Å². The topological polar surface area (TPSA) is 18.1 Å². The van der Waals surface area contributed by atoms with Crippen LogP contribution in [0, 0.1) is 0 Å². The van der Waals surface area contributed by atoms with Gasteiger partial charge in [0.1, 0.15) is 11.2 Å². The molecular formula is C51H33NO. The van der Waals surface area contributed by atoms with Gasteiger partial charge in [-0.05, 0) is 67.6 Å². The van der Waals surface area contributed by atoms with Crippen LogP contribution >= 0.6 is 0 Å². The van der Waals surface area contributed by atoms with Crippen LogP contribution in [0.25, 0.3) is 104 Å². The normalized spacial score (nSPS) is 13.6. The molecule has 0 atom stereocenters. The van der Waals surface area contributed by atoms with Crippen molar-refractivity contribution in [1.29, 1.82) is 0 Å². The van der Waals surface area contributed by atoms with Gasteiger partial charge in [0.2, 0.25) is 0 Å². The van der Waals surface area contributed by atoms with Crippen molar-refractivity contribution in [3.05, 3.63) is 175 Å². The molecule has 0 unspecified atom stereocenters. The average Bonchev–Trinajstić information content (AvgIpc) is 3.85. The maximum atomic E-state index is 7.40. The summed E-state index contributed by atoms with van der Waals surface area (Å²) in [6.45, 7) is 4.70. The second-order valence-corrected chi connectivity index (χ2v) is 15.2. The van der Waals surface area contributed by atoms with Gasteiger partial charge >= 0.3 is 0 Å². The van der Waals surface area contributed by atoms with E-state index in [9.17, 15) is 0 Å². The molecule has 2 nitrogen and oxygen atoms in total. The van der Waals surface area contributed by atoms with E-state index < -0.39 is 0 Å². The lowest BCUT2D eigenvalue weighted by Crippen LogP contribution is -2.14. The SMILES string of the molecule is CC1(C)c2ccccc2-c2ccc(-c3cccc4c3oc3c4c4ccccc4c4c3c3c5ccccc5c5ccccc5c3n4-c3ccccc3)cc21. The highest BCUT2D eigenvalue weighted by Gasteiger charge is 2.35. The van der Waals surface area contributed by atoms with Crippen LogP contribution in [0.15, 0.2) is 168 Å². The lowest BCUT2D eigenvalue weighted by atomic mass is 9.81. The number of hydrogen-bond donors (Lipinski definition) is 0. The molecule has 0 aliphatic heterocycles. The standard InChI is InChI=1S/C51H33NO/c1-51(2)42-26-13-12-19-35(42)36-28-27-30(29-43(36)51)32-24-14-25-41-44-38-21-9-11-23-40(38)48-46(50(44)53-49(32)41)45-37-20-8-6-17-33(37)34-18-7-10-22-39(34)47(45)52(48)31-15-4-3-5-16-31/h3-29H,1-2H3. The van der Waals surface area contributed by atoms with Crippen molar-refractivity contribution in [3.63, 3.8) is 0 Å². The molecule has 0 fully saturated rings. The van der Waals surface area contributed by atoms with Gasteiger partial charge in [-0.2, -0.15) is 0 Å². The molecule has 0 spiro atoms. The Morgan fingerprint density at radius 2 is 0.943 bits per heavy atom. The van der Waals surface area contributed by atoms with Crippen molar-refractivity contribution in [3.8, 4) is 27.9 Å². The molecule has 0 amide bonds. The summed E-state index contributed by atoms with van der Waals surface area (Å²) < 4.78 is 9.89. The fraction of sp³-hybridized carbons (Fsp3) is 0.0588. The Labute approximate surface area is 306 Å². The maximum Gasteiger partial charge on any atom is 0.146 e. The van der Waals surface area contributed by atoms with Gasteiger partial charge in [0, 0.05) is 43.6 Å². The molecular weight excluding hydrogens is 643 g/mol. The van der Waals surface area contributed by atoms with Crippen LogP contribution in [0.4, 0.5) is 0 Å². The molecule has 2 aromatic heterocycles. The van der Waals surface area contributed by atoms with E-state index in [1.165, 1.54) is 81.9 Å². The van der Waals surface area contributed by atoms with Crippen LogP contribution in [0.3, 0.4) is 0 Å². The first kappa shape index (κ1) is 29.0. The van der Waals surface area contributed by atoms with E-state index in [4.69, 9.17) is 4.42 Å². The van der Waals surface area contributed by atoms with E-state index in [1.54, 1.807) is 0 Å². The van der Waals surface area contributed by atoms with Crippen LogP contribution < -0.4 is 0 Å². The van der Waals surface area contributed by atoms with Crippen LogP contribution in [-0.4, -0.2) is 4.57 Å². The van der Waals surface area contributed by atoms with E-state index >= 15 is 0 Å². The van der Waals surface area contributed by atoms with E-state index in [0.29, 0.717) is 0 Å². The summed E-state index contributed by atoms with van der Waals surface area (Å²) in [4.78, 5) is 0. The largest absolute Gasteiger partial charge is 0.455 e. The molecule has 1 aliphatic carbocycles. The zero-order valence-electron chi connectivity index (χ0n) is 29.4. The minimum absolute atomic E-state index is 0.0881. The predicted octanol–water partition coefficient (Wildman–Crippen LogP) is 14.1. The number of nitrogens with zero attached hydrogens (tertiary/aromatic N) is 1. The number of benzene rings is 9. The Morgan fingerprint density at radius 3 is 1.72 bits per heavy atom. The van der Waals surface area contributed by atoms with Crippen molar-refractivity contribution in [2.75, 3.05) is 0 Å². The van der Waals surface area contributed by atoms with Crippen molar-refractivity contribution in [1.82, 2.24) is 4.57 Å². The highest BCUT2D eigenvalue weighted by atomic mass is 16.3. The van der Waals surface area contributed by atoms with Crippen LogP contribution in [0.5, 0.6) is 0 Å². The summed E-state index contributed by atoms with van der Waals surface area (Å²) in [7, 11) is 0. The molecule has 2 heteroatoms. The summed E-state index contributed by atoms with van der Waals surface area (Å²) in [6.07, 6.45) is 0. The highest BCUT2D eigenvalue weighted by Crippen LogP contribution is 2.52. The van der Waals surface area contributed by atoms with Gasteiger partial charge < -0.3 is 8.98 Å². The number of aromatic nitrogens is 1. The predicted molar refractivity (Wildman–Crippen MR) is 224 cm³/mol. The quantitative estimate of drug-likeness (QED) is 0.167. The first-order chi connectivity index (χ1) is 26.1. The number of furan rings is 1. The summed E-state index contributed by atoms with van der Waals surface area (Å²) in [5.41, 5.74) is 13.0. The van der Waals surface area contributed by atoms with Crippen molar-refractivity contribution >= 4 is 76.1 Å². The lowest BCUT2D eigenvalue weighted by Gasteiger charge is -2.22. The molecule has 2 heterocycles. The summed E-state index contributed by atoms with van der Waals surface area (Å²) in [5, 5.41) is 12.1. The Kier molecular flexibility index (Phi) is 5.60. The Hall–Kier alpha value is -6.64. The lowest BCUT2D eigenvalue weighted by molar-refractivity contribution is 0.660. The third-order valence-corrected chi connectivity index (χ3v) is 12.1. The minimum atomic E-state index is -0.0881. The third kappa shape index (κ3) is 3.67. The first-order valence-electron chi connectivity index (χ1n) is 18.5. The number of para-hydroxylation sites is 2. The number of rotatable bonds is 2. The maximum absolute atomic E-state index is 7.40. The molecule has 0 saturated heterocycles. The zero-order chi connectivity index (χ0) is 35.0. The van der Waals surface area contributed by atoms with Gasteiger partial charge in [-0.25, -0.2) is 0 Å². The molecule has 9 aromatic carbocycles. The van der Waals surface area contributed by atoms with Crippen LogP contribution in [0.2, 0.25) is 0 Å². The molecule has 0 bridgehead atoms. The molecule has 12 rings (SSSR count). The molecule has 53 heavy (non-hydrogen) atoms. The Morgan fingerprint density at radius 1 is 0.396 bits per heavy atom. The third-order valence-electron chi connectivity index (χ3n) is 12.1. The monoisotopic (exact) mass is 675 g/mol. The molecule has 11 aromatic rings. The Balaban J connectivity index is 1.28. The summed E-state index contributed by atoms with van der Waals surface area (Å²) in [6, 6.07) is 60.1. The fourth-order valence-corrected chi connectivity index (χ4v) is 9.83.